The number of rotatable bonds is 30. The van der Waals surface area contributed by atoms with Gasteiger partial charge in [0.2, 0.25) is 17.6 Å². The van der Waals surface area contributed by atoms with Crippen LogP contribution in [0.3, 0.4) is 0 Å². The van der Waals surface area contributed by atoms with Crippen LogP contribution in [-0.4, -0.2) is 194 Å². The summed E-state index contributed by atoms with van der Waals surface area (Å²) in [4.78, 5) is 60.6. The van der Waals surface area contributed by atoms with E-state index in [1.807, 2.05) is 6.92 Å². The Kier molecular flexibility index (Phi) is 26.2. The first-order valence-electron chi connectivity index (χ1n) is 25.1. The molecule has 0 aliphatic carbocycles. The van der Waals surface area contributed by atoms with Gasteiger partial charge in [0.1, 0.15) is 54.9 Å². The average Bonchev–Trinajstić information content (AvgIpc) is 3.32. The maximum Gasteiger partial charge on any atom is 0.474 e. The number of phosphoric ester groups is 1. The Hall–Kier alpha value is -4.03. The van der Waals surface area contributed by atoms with Gasteiger partial charge >= 0.3 is 19.9 Å². The highest BCUT2D eigenvalue weighted by molar-refractivity contribution is 7.47. The second kappa shape index (κ2) is 30.0. The van der Waals surface area contributed by atoms with Crippen LogP contribution in [-0.2, 0) is 61.2 Å². The molecule has 440 valence electrons. The van der Waals surface area contributed by atoms with Gasteiger partial charge < -0.3 is 95.7 Å². The van der Waals surface area contributed by atoms with Gasteiger partial charge in [-0.2, -0.15) is 0 Å². The largest absolute Gasteiger partial charge is 0.479 e. The molecule has 3 heterocycles. The summed E-state index contributed by atoms with van der Waals surface area (Å²) in [5, 5.41) is 87.4. The topological polar surface area (TPSA) is 415 Å². The number of aliphatic hydroxyl groups excluding tert-OH is 5. The molecule has 0 spiro atoms. The Morgan fingerprint density at radius 3 is 2.16 bits per heavy atom. The molecule has 0 bridgehead atoms. The summed E-state index contributed by atoms with van der Waals surface area (Å²) >= 11 is 0. The van der Waals surface area contributed by atoms with Gasteiger partial charge in [-0.25, -0.2) is 14.2 Å². The predicted molar refractivity (Wildman–Crippen MR) is 271 cm³/mol. The van der Waals surface area contributed by atoms with Crippen LogP contribution in [0.25, 0.3) is 0 Å². The van der Waals surface area contributed by atoms with Crippen molar-refractivity contribution in [3.8, 4) is 0 Å². The van der Waals surface area contributed by atoms with Gasteiger partial charge in [0.05, 0.1) is 26.4 Å². The Morgan fingerprint density at radius 2 is 1.56 bits per heavy atom. The SMILES string of the molecule is C=C(C/C=C(\C)CCC=C(C)C)CCC(C)(C)/C=C/CC/C(C)=C\CO[C@H](COP(=O)(O)OC1OC(C(N)=O)[C@@](C)(O)C(OC(N)=O)C1OC1OC(COC2(O)COC(CO)C(O)C2O)C(O)C(O)C1NC(C)=O)C(=O)O. The number of carbonyl (C=O) groups excluding carboxylic acids is 3. The normalized spacial score (nSPS) is 32.5. The molecule has 3 fully saturated rings. The molecule has 14 unspecified atom stereocenters. The molecule has 3 amide bonds. The molecule has 14 N–H and O–H groups in total. The van der Waals surface area contributed by atoms with E-state index in [9.17, 15) is 69.5 Å². The van der Waals surface area contributed by atoms with E-state index in [-0.39, 0.29) is 12.0 Å². The monoisotopic (exact) mass is 1120 g/mol. The zero-order chi connectivity index (χ0) is 58.2. The van der Waals surface area contributed by atoms with Gasteiger partial charge in [-0.1, -0.05) is 73.1 Å². The van der Waals surface area contributed by atoms with Gasteiger partial charge in [0, 0.05) is 6.92 Å². The van der Waals surface area contributed by atoms with Crippen molar-refractivity contribution in [2.75, 3.05) is 33.0 Å². The first-order valence-corrected chi connectivity index (χ1v) is 26.5. The lowest BCUT2D eigenvalue weighted by Crippen LogP contribution is -2.72. The molecule has 0 aromatic rings. The van der Waals surface area contributed by atoms with Crippen LogP contribution in [0.4, 0.5) is 4.79 Å². The number of allylic oxidation sites excluding steroid dienone is 8. The fraction of sp³-hybridized carbons (Fsp3) is 0.720. The maximum atomic E-state index is 13.6. The van der Waals surface area contributed by atoms with E-state index in [0.717, 1.165) is 57.1 Å². The van der Waals surface area contributed by atoms with Crippen LogP contribution >= 0.6 is 7.82 Å². The summed E-state index contributed by atoms with van der Waals surface area (Å²) in [6, 6.07) is -1.83. The van der Waals surface area contributed by atoms with Gasteiger partial charge in [0.25, 0.3) is 0 Å². The summed E-state index contributed by atoms with van der Waals surface area (Å²) in [5.41, 5.74) is 12.6. The number of aliphatic carboxylic acids is 1. The molecule has 0 aromatic heterocycles. The Labute approximate surface area is 448 Å². The van der Waals surface area contributed by atoms with E-state index in [1.54, 1.807) is 6.08 Å². The predicted octanol–water partition coefficient (Wildman–Crippen LogP) is 0.898. The fourth-order valence-electron chi connectivity index (χ4n) is 8.31. The van der Waals surface area contributed by atoms with Crippen molar-refractivity contribution in [2.45, 2.75) is 191 Å². The van der Waals surface area contributed by atoms with Crippen molar-refractivity contribution >= 4 is 31.7 Å². The molecule has 3 rings (SSSR count). The van der Waals surface area contributed by atoms with Crippen molar-refractivity contribution in [3.05, 3.63) is 59.3 Å². The minimum absolute atomic E-state index is 0.0900. The number of carbonyl (C=O) groups is 4. The number of nitrogens with two attached hydrogens (primary N) is 2. The van der Waals surface area contributed by atoms with Crippen molar-refractivity contribution in [3.63, 3.8) is 0 Å². The second-order valence-electron chi connectivity index (χ2n) is 20.7. The van der Waals surface area contributed by atoms with E-state index in [0.29, 0.717) is 12.8 Å². The molecule has 3 aliphatic heterocycles. The number of carboxylic acids is 1. The lowest BCUT2D eigenvalue weighted by atomic mass is 9.85. The van der Waals surface area contributed by atoms with E-state index >= 15 is 0 Å². The number of phosphoric acid groups is 1. The summed E-state index contributed by atoms with van der Waals surface area (Å²) in [6.45, 7) is 14.6. The molecule has 3 aliphatic rings. The van der Waals surface area contributed by atoms with E-state index < -0.39 is 149 Å². The number of carboxylic acid groups (broad SMARTS) is 1. The zero-order valence-electron chi connectivity index (χ0n) is 44.9. The second-order valence-corrected chi connectivity index (χ2v) is 22.1. The number of ether oxygens (including phenoxy) is 7. The highest BCUT2D eigenvalue weighted by Crippen LogP contribution is 2.49. The van der Waals surface area contributed by atoms with E-state index in [2.05, 4.69) is 70.8 Å². The third-order valence-corrected chi connectivity index (χ3v) is 14.0. The van der Waals surface area contributed by atoms with Gasteiger partial charge in [0.15, 0.2) is 37.0 Å². The van der Waals surface area contributed by atoms with E-state index in [1.165, 1.54) is 11.1 Å². The molecule has 16 atom stereocenters. The molecular formula is C50H82N3O23P. The summed E-state index contributed by atoms with van der Waals surface area (Å²) in [6.07, 6.45) is -10.1. The first-order chi connectivity index (χ1) is 35.7. The van der Waals surface area contributed by atoms with Crippen LogP contribution in [0.5, 0.6) is 0 Å². The van der Waals surface area contributed by atoms with Gasteiger partial charge in [-0.05, 0) is 85.0 Å². The van der Waals surface area contributed by atoms with Gasteiger partial charge in [-0.3, -0.25) is 18.6 Å². The van der Waals surface area contributed by atoms with Gasteiger partial charge in [-0.15, -0.1) is 0 Å². The van der Waals surface area contributed by atoms with Crippen LogP contribution in [0, 0.1) is 5.41 Å². The Balaban J connectivity index is 1.75. The minimum atomic E-state index is -5.64. The summed E-state index contributed by atoms with van der Waals surface area (Å²) < 4.78 is 62.2. The minimum Gasteiger partial charge on any atom is -0.479 e. The third-order valence-electron chi connectivity index (χ3n) is 13.0. The first kappa shape index (κ1) is 67.2. The number of primary amides is 2. The van der Waals surface area contributed by atoms with Crippen LogP contribution in [0.1, 0.15) is 100 Å². The van der Waals surface area contributed by atoms with Crippen LogP contribution < -0.4 is 16.8 Å². The lowest BCUT2D eigenvalue weighted by molar-refractivity contribution is -0.367. The van der Waals surface area contributed by atoms with E-state index in [4.69, 9.17) is 53.7 Å². The highest BCUT2D eigenvalue weighted by Gasteiger charge is 2.61. The standard InChI is InChI=1S/C50H82N3O23P/c1-27(2)13-12-15-28(3)16-17-30(5)18-21-48(7,8)20-11-10-14-29(4)19-22-68-34(44(61)62)25-71-77(66,67)76-46-39(41(75-47(52)63)49(9,64)42(74-46)43(51)60)73-45-35(53-31(6)55)38(58)36(56)33(72-45)24-70-50(65)26-69-32(23-54)37(57)40(50)59/h11,13,16,19-20,32-42,45-46,54,56-59,64-65H,5,10,12,14-15,17-18,21-26H2,1-4,6-9H3,(H2,51,60)(H2,52,63)(H,53,55)(H,61,62)(H,66,67)/b20-11+,28-16+,29-19-/t32?,33?,34-,35?,36?,37?,38?,39?,40?,41?,42?,45?,46?,49+,50?/m1/s1. The molecule has 3 saturated heterocycles. The Morgan fingerprint density at radius 1 is 0.909 bits per heavy atom. The molecule has 0 saturated carbocycles. The highest BCUT2D eigenvalue weighted by atomic mass is 31.2. The van der Waals surface area contributed by atoms with Crippen LogP contribution in [0.15, 0.2) is 59.3 Å². The van der Waals surface area contributed by atoms with Crippen molar-refractivity contribution in [1.29, 1.82) is 0 Å². The molecular weight excluding hydrogens is 1040 g/mol. The number of amides is 3. The molecule has 0 radical (unpaired) electrons. The number of hydrogen-bond acceptors (Lipinski definition) is 21. The Bertz CT molecular complexity index is 2170. The molecule has 27 heteroatoms. The lowest BCUT2D eigenvalue weighted by Gasteiger charge is -2.50. The molecule has 0 aromatic carbocycles. The smallest absolute Gasteiger partial charge is 0.474 e. The number of aliphatic hydroxyl groups is 7. The summed E-state index contributed by atoms with van der Waals surface area (Å²) in [5.74, 6) is -6.66. The fourth-order valence-corrected chi connectivity index (χ4v) is 9.13. The summed E-state index contributed by atoms with van der Waals surface area (Å²) in [7, 11) is -5.64. The van der Waals surface area contributed by atoms with Crippen molar-refractivity contribution in [1.82, 2.24) is 5.32 Å². The maximum absolute atomic E-state index is 13.6. The zero-order valence-corrected chi connectivity index (χ0v) is 45.8. The van der Waals surface area contributed by atoms with Crippen molar-refractivity contribution < 1.29 is 112 Å². The number of nitrogens with one attached hydrogen (secondary N) is 1. The molecule has 26 nitrogen and oxygen atoms in total. The van der Waals surface area contributed by atoms with Crippen molar-refractivity contribution in [2.24, 2.45) is 16.9 Å². The third kappa shape index (κ3) is 20.9. The quantitative estimate of drug-likeness (QED) is 0.0270. The number of hydrogen-bond donors (Lipinski definition) is 12. The average molecular weight is 1120 g/mol. The van der Waals surface area contributed by atoms with Crippen LogP contribution in [0.2, 0.25) is 0 Å². The molecule has 77 heavy (non-hydrogen) atoms.